The second kappa shape index (κ2) is 7.22. The highest BCUT2D eigenvalue weighted by Crippen LogP contribution is 2.28. The molecule has 1 atom stereocenters. The van der Waals surface area contributed by atoms with Crippen LogP contribution in [0.1, 0.15) is 29.4 Å². The van der Waals surface area contributed by atoms with Crippen molar-refractivity contribution < 1.29 is 9.90 Å². The Morgan fingerprint density at radius 1 is 1.30 bits per heavy atom. The Bertz CT molecular complexity index is 551. The van der Waals surface area contributed by atoms with Crippen LogP contribution in [0.5, 0.6) is 0 Å². The summed E-state index contributed by atoms with van der Waals surface area (Å²) < 4.78 is 0. The van der Waals surface area contributed by atoms with Gasteiger partial charge in [0.15, 0.2) is 0 Å². The summed E-state index contributed by atoms with van der Waals surface area (Å²) in [6.45, 7) is 2.12. The number of benzene rings is 1. The van der Waals surface area contributed by atoms with E-state index in [4.69, 9.17) is 5.11 Å². The predicted octanol–water partition coefficient (Wildman–Crippen LogP) is 3.31. The van der Waals surface area contributed by atoms with Gasteiger partial charge in [-0.2, -0.15) is 0 Å². The van der Waals surface area contributed by atoms with Crippen molar-refractivity contribution in [2.24, 2.45) is 0 Å². The van der Waals surface area contributed by atoms with Crippen molar-refractivity contribution in [3.63, 3.8) is 0 Å². The fourth-order valence-corrected chi connectivity index (χ4v) is 2.91. The number of nitrogens with one attached hydrogen (secondary N) is 1. The third-order valence-electron chi connectivity index (χ3n) is 3.13. The third-order valence-corrected chi connectivity index (χ3v) is 4.04. The molecule has 2 aromatic rings. The van der Waals surface area contributed by atoms with Gasteiger partial charge in [0, 0.05) is 18.2 Å². The van der Waals surface area contributed by atoms with Crippen molar-refractivity contribution in [3.05, 3.63) is 46.7 Å². The Morgan fingerprint density at radius 2 is 2.05 bits per heavy atom. The third kappa shape index (κ3) is 3.68. The number of hydrogen-bond donors (Lipinski definition) is 2. The molecule has 1 aromatic heterocycles. The highest BCUT2D eigenvalue weighted by atomic mass is 32.1. The second-order valence-electron chi connectivity index (χ2n) is 4.77. The quantitative estimate of drug-likeness (QED) is 0.857. The molecule has 0 aliphatic rings. The molecule has 0 saturated carbocycles. The molecule has 2 N–H and O–H groups in total. The Kier molecular flexibility index (Phi) is 5.32. The number of aliphatic hydroxyl groups is 1. The first kappa shape index (κ1) is 14.8. The van der Waals surface area contributed by atoms with Crippen LogP contribution in [0.15, 0.2) is 41.8 Å². The maximum atomic E-state index is 12.3. The molecule has 4 heteroatoms. The van der Waals surface area contributed by atoms with E-state index in [-0.39, 0.29) is 18.6 Å². The molecule has 20 heavy (non-hydrogen) atoms. The Labute approximate surface area is 123 Å². The Morgan fingerprint density at radius 3 is 2.75 bits per heavy atom. The standard InChI is InChI=1S/C16H19NO2S/c1-12(6-5-10-18)17-16(19)15-14(9-11-20-15)13-7-3-2-4-8-13/h2-4,7-9,11-12,18H,5-6,10H2,1H3,(H,17,19). The predicted molar refractivity (Wildman–Crippen MR) is 83.0 cm³/mol. The molecule has 0 fully saturated rings. The summed E-state index contributed by atoms with van der Waals surface area (Å²) in [4.78, 5) is 13.1. The molecule has 1 amide bonds. The number of amides is 1. The molecule has 1 unspecified atom stereocenters. The summed E-state index contributed by atoms with van der Waals surface area (Å²) in [5, 5.41) is 13.7. The van der Waals surface area contributed by atoms with Gasteiger partial charge in [-0.3, -0.25) is 4.79 Å². The zero-order chi connectivity index (χ0) is 14.4. The van der Waals surface area contributed by atoms with Crippen LogP contribution in [0.25, 0.3) is 11.1 Å². The van der Waals surface area contributed by atoms with Gasteiger partial charge in [0.2, 0.25) is 0 Å². The van der Waals surface area contributed by atoms with Crippen LogP contribution in [0, 0.1) is 0 Å². The van der Waals surface area contributed by atoms with Crippen LogP contribution in [0.4, 0.5) is 0 Å². The molecular weight excluding hydrogens is 270 g/mol. The number of carbonyl (C=O) groups excluding carboxylic acids is 1. The lowest BCUT2D eigenvalue weighted by Gasteiger charge is -2.13. The van der Waals surface area contributed by atoms with Crippen LogP contribution in [-0.2, 0) is 0 Å². The molecule has 0 spiro atoms. The molecule has 0 aliphatic heterocycles. The zero-order valence-electron chi connectivity index (χ0n) is 11.5. The largest absolute Gasteiger partial charge is 0.396 e. The molecule has 0 saturated heterocycles. The van der Waals surface area contributed by atoms with Crippen LogP contribution >= 0.6 is 11.3 Å². The van der Waals surface area contributed by atoms with Crippen LogP contribution < -0.4 is 5.32 Å². The summed E-state index contributed by atoms with van der Waals surface area (Å²) in [6.07, 6.45) is 1.49. The van der Waals surface area contributed by atoms with E-state index >= 15 is 0 Å². The van der Waals surface area contributed by atoms with Crippen LogP contribution in [0.3, 0.4) is 0 Å². The van der Waals surface area contributed by atoms with E-state index in [0.29, 0.717) is 6.42 Å². The Balaban J connectivity index is 2.10. The maximum Gasteiger partial charge on any atom is 0.262 e. The van der Waals surface area contributed by atoms with Crippen molar-refractivity contribution in [1.29, 1.82) is 0 Å². The van der Waals surface area contributed by atoms with Gasteiger partial charge in [0.25, 0.3) is 5.91 Å². The van der Waals surface area contributed by atoms with Crippen molar-refractivity contribution in [1.82, 2.24) is 5.32 Å². The van der Waals surface area contributed by atoms with Gasteiger partial charge >= 0.3 is 0 Å². The molecule has 0 aliphatic carbocycles. The highest BCUT2D eigenvalue weighted by molar-refractivity contribution is 7.12. The van der Waals surface area contributed by atoms with Crippen molar-refractivity contribution in [2.75, 3.05) is 6.61 Å². The first-order chi connectivity index (χ1) is 9.72. The number of hydrogen-bond acceptors (Lipinski definition) is 3. The lowest BCUT2D eigenvalue weighted by molar-refractivity contribution is 0.0941. The summed E-state index contributed by atoms with van der Waals surface area (Å²) in [6, 6.07) is 12.0. The van der Waals surface area contributed by atoms with Gasteiger partial charge in [0.05, 0.1) is 4.88 Å². The first-order valence-corrected chi connectivity index (χ1v) is 7.65. The van der Waals surface area contributed by atoms with E-state index in [1.54, 1.807) is 0 Å². The SMILES string of the molecule is CC(CCCO)NC(=O)c1sccc1-c1ccccc1. The van der Waals surface area contributed by atoms with E-state index in [1.807, 2.05) is 48.7 Å². The second-order valence-corrected chi connectivity index (χ2v) is 5.69. The number of thiophene rings is 1. The van der Waals surface area contributed by atoms with E-state index in [2.05, 4.69) is 5.32 Å². The monoisotopic (exact) mass is 289 g/mol. The fraction of sp³-hybridized carbons (Fsp3) is 0.312. The maximum absolute atomic E-state index is 12.3. The Hall–Kier alpha value is -1.65. The van der Waals surface area contributed by atoms with Gasteiger partial charge in [-0.25, -0.2) is 0 Å². The lowest BCUT2D eigenvalue weighted by Crippen LogP contribution is -2.32. The van der Waals surface area contributed by atoms with Gasteiger partial charge in [-0.05, 0) is 36.8 Å². The fourth-order valence-electron chi connectivity index (χ4n) is 2.09. The molecule has 2 rings (SSSR count). The average Bonchev–Trinajstić information content (AvgIpc) is 2.95. The smallest absolute Gasteiger partial charge is 0.262 e. The summed E-state index contributed by atoms with van der Waals surface area (Å²) in [5.41, 5.74) is 2.03. The molecule has 0 radical (unpaired) electrons. The van der Waals surface area contributed by atoms with E-state index in [0.717, 1.165) is 22.4 Å². The zero-order valence-corrected chi connectivity index (χ0v) is 12.3. The molecule has 1 heterocycles. The molecule has 106 valence electrons. The number of aliphatic hydroxyl groups excluding tert-OH is 1. The summed E-state index contributed by atoms with van der Waals surface area (Å²) >= 11 is 1.46. The van der Waals surface area contributed by atoms with Gasteiger partial charge in [0.1, 0.15) is 0 Å². The number of rotatable bonds is 6. The lowest BCUT2D eigenvalue weighted by atomic mass is 10.1. The van der Waals surface area contributed by atoms with E-state index < -0.39 is 0 Å². The average molecular weight is 289 g/mol. The minimum atomic E-state index is -0.0377. The van der Waals surface area contributed by atoms with Crippen LogP contribution in [-0.4, -0.2) is 23.7 Å². The summed E-state index contributed by atoms with van der Waals surface area (Å²) in [7, 11) is 0. The molecular formula is C16H19NO2S. The van der Waals surface area contributed by atoms with Gasteiger partial charge < -0.3 is 10.4 Å². The molecule has 0 bridgehead atoms. The highest BCUT2D eigenvalue weighted by Gasteiger charge is 2.16. The van der Waals surface area contributed by atoms with E-state index in [9.17, 15) is 4.79 Å². The molecule has 3 nitrogen and oxygen atoms in total. The van der Waals surface area contributed by atoms with Crippen molar-refractivity contribution in [2.45, 2.75) is 25.8 Å². The number of carbonyl (C=O) groups is 1. The van der Waals surface area contributed by atoms with Crippen LogP contribution in [0.2, 0.25) is 0 Å². The van der Waals surface area contributed by atoms with Gasteiger partial charge in [-0.1, -0.05) is 30.3 Å². The minimum absolute atomic E-state index is 0.0377. The minimum Gasteiger partial charge on any atom is -0.396 e. The topological polar surface area (TPSA) is 49.3 Å². The van der Waals surface area contributed by atoms with Crippen molar-refractivity contribution in [3.8, 4) is 11.1 Å². The first-order valence-electron chi connectivity index (χ1n) is 6.77. The molecule has 1 aromatic carbocycles. The van der Waals surface area contributed by atoms with E-state index in [1.165, 1.54) is 11.3 Å². The van der Waals surface area contributed by atoms with Crippen molar-refractivity contribution >= 4 is 17.2 Å². The normalized spacial score (nSPS) is 12.1. The van der Waals surface area contributed by atoms with Gasteiger partial charge in [-0.15, -0.1) is 11.3 Å². The summed E-state index contributed by atoms with van der Waals surface area (Å²) in [5.74, 6) is -0.0377.